The fourth-order valence-electron chi connectivity index (χ4n) is 1.50. The molecule has 6 nitrogen and oxygen atoms in total. The van der Waals surface area contributed by atoms with E-state index in [1.54, 1.807) is 6.92 Å². The number of aromatic amines is 1. The molecule has 1 unspecified atom stereocenters. The number of rotatable bonds is 6. The van der Waals surface area contributed by atoms with Crippen LogP contribution in [0.2, 0.25) is 0 Å². The van der Waals surface area contributed by atoms with Crippen molar-refractivity contribution in [2.24, 2.45) is 0 Å². The lowest BCUT2D eigenvalue weighted by atomic mass is 10.1. The second kappa shape index (κ2) is 6.00. The molecule has 0 saturated carbocycles. The second-order valence-corrected chi connectivity index (χ2v) is 4.03. The van der Waals surface area contributed by atoms with Crippen LogP contribution in [0.4, 0.5) is 0 Å². The first-order valence-corrected chi connectivity index (χ1v) is 5.66. The molecule has 6 heteroatoms. The first kappa shape index (κ1) is 14.0. The molecule has 1 aromatic heterocycles. The number of carbonyl (C=O) groups is 3. The van der Waals surface area contributed by atoms with Gasteiger partial charge < -0.3 is 15.4 Å². The second-order valence-electron chi connectivity index (χ2n) is 4.03. The highest BCUT2D eigenvalue weighted by Crippen LogP contribution is 2.06. The first-order valence-electron chi connectivity index (χ1n) is 5.66. The Kier molecular flexibility index (Phi) is 4.65. The summed E-state index contributed by atoms with van der Waals surface area (Å²) in [7, 11) is 0. The minimum atomic E-state index is -0.960. The highest BCUT2D eigenvalue weighted by molar-refractivity contribution is 5.99. The van der Waals surface area contributed by atoms with Crippen LogP contribution in [0.25, 0.3) is 0 Å². The summed E-state index contributed by atoms with van der Waals surface area (Å²) in [6, 6.07) is 1.03. The van der Waals surface area contributed by atoms with Crippen LogP contribution in [0.5, 0.6) is 0 Å². The molecule has 0 aliphatic rings. The van der Waals surface area contributed by atoms with Crippen molar-refractivity contribution in [3.8, 4) is 0 Å². The van der Waals surface area contributed by atoms with E-state index >= 15 is 0 Å². The molecule has 1 rings (SSSR count). The topological polar surface area (TPSA) is 99.3 Å². The lowest BCUT2D eigenvalue weighted by Crippen LogP contribution is -2.36. The van der Waals surface area contributed by atoms with Crippen molar-refractivity contribution < 1.29 is 19.5 Å². The Morgan fingerprint density at radius 2 is 2.11 bits per heavy atom. The van der Waals surface area contributed by atoms with E-state index in [0.717, 1.165) is 0 Å². The molecular formula is C12H16N2O4. The van der Waals surface area contributed by atoms with Gasteiger partial charge in [-0.05, 0) is 19.4 Å². The summed E-state index contributed by atoms with van der Waals surface area (Å²) in [5.74, 6) is -1.50. The molecule has 0 aliphatic heterocycles. The van der Waals surface area contributed by atoms with Gasteiger partial charge in [-0.25, -0.2) is 0 Å². The predicted octanol–water partition coefficient (Wildman–Crippen LogP) is 1.20. The average Bonchev–Trinajstić information content (AvgIpc) is 2.76. The minimum absolute atomic E-state index is 0.123. The van der Waals surface area contributed by atoms with E-state index in [-0.39, 0.29) is 17.9 Å². The van der Waals surface area contributed by atoms with Gasteiger partial charge >= 0.3 is 5.97 Å². The van der Waals surface area contributed by atoms with Crippen LogP contribution in [-0.4, -0.2) is 33.8 Å². The third-order valence-corrected chi connectivity index (χ3v) is 2.58. The summed E-state index contributed by atoms with van der Waals surface area (Å²) in [6.07, 6.45) is 1.86. The molecule has 3 N–H and O–H groups in total. The van der Waals surface area contributed by atoms with Crippen LogP contribution in [0.15, 0.2) is 12.3 Å². The van der Waals surface area contributed by atoms with E-state index < -0.39 is 17.9 Å². The molecule has 0 fully saturated rings. The van der Waals surface area contributed by atoms with E-state index in [2.05, 4.69) is 10.3 Å². The Morgan fingerprint density at radius 1 is 1.44 bits per heavy atom. The molecule has 1 atom stereocenters. The van der Waals surface area contributed by atoms with E-state index in [1.165, 1.54) is 19.2 Å². The van der Waals surface area contributed by atoms with Crippen molar-refractivity contribution in [3.05, 3.63) is 23.5 Å². The smallest absolute Gasteiger partial charge is 0.305 e. The molecule has 0 bridgehead atoms. The van der Waals surface area contributed by atoms with Crippen LogP contribution < -0.4 is 5.32 Å². The number of hydrogen-bond acceptors (Lipinski definition) is 3. The van der Waals surface area contributed by atoms with Gasteiger partial charge in [0.1, 0.15) is 5.69 Å². The number of carboxylic acids is 1. The summed E-state index contributed by atoms with van der Waals surface area (Å²) in [6.45, 7) is 3.20. The number of amides is 1. The molecule has 1 amide bonds. The maximum absolute atomic E-state index is 11.8. The van der Waals surface area contributed by atoms with Crippen LogP contribution in [0, 0.1) is 0 Å². The van der Waals surface area contributed by atoms with Crippen molar-refractivity contribution in [2.45, 2.75) is 32.7 Å². The largest absolute Gasteiger partial charge is 0.481 e. The number of aromatic nitrogens is 1. The molecule has 98 valence electrons. The van der Waals surface area contributed by atoms with Gasteiger partial charge in [0.05, 0.1) is 6.42 Å². The van der Waals surface area contributed by atoms with Crippen LogP contribution >= 0.6 is 0 Å². The number of carbonyl (C=O) groups excluding carboxylic acids is 2. The summed E-state index contributed by atoms with van der Waals surface area (Å²) < 4.78 is 0. The third kappa shape index (κ3) is 3.73. The zero-order valence-electron chi connectivity index (χ0n) is 10.3. The maximum atomic E-state index is 11.8. The van der Waals surface area contributed by atoms with Gasteiger partial charge in [-0.1, -0.05) is 6.92 Å². The highest BCUT2D eigenvalue weighted by Gasteiger charge is 2.16. The summed E-state index contributed by atoms with van der Waals surface area (Å²) >= 11 is 0. The molecule has 1 aromatic rings. The average molecular weight is 252 g/mol. The fourth-order valence-corrected chi connectivity index (χ4v) is 1.50. The number of hydrogen-bond donors (Lipinski definition) is 3. The number of H-pyrrole nitrogens is 1. The van der Waals surface area contributed by atoms with Gasteiger partial charge in [0.2, 0.25) is 0 Å². The monoisotopic (exact) mass is 252 g/mol. The van der Waals surface area contributed by atoms with E-state index in [9.17, 15) is 14.4 Å². The number of aliphatic carboxylic acids is 1. The number of nitrogens with one attached hydrogen (secondary N) is 2. The minimum Gasteiger partial charge on any atom is -0.481 e. The van der Waals surface area contributed by atoms with Gasteiger partial charge in [-0.3, -0.25) is 14.4 Å². The fraction of sp³-hybridized carbons (Fsp3) is 0.417. The van der Waals surface area contributed by atoms with E-state index in [1.807, 2.05) is 0 Å². The van der Waals surface area contributed by atoms with Crippen molar-refractivity contribution in [3.63, 3.8) is 0 Å². The SMILES string of the molecule is CCC(CC(=O)O)NC(=O)c1cc(C(C)=O)c[nH]1. The molecule has 0 aromatic carbocycles. The normalized spacial score (nSPS) is 11.9. The molecular weight excluding hydrogens is 236 g/mol. The Morgan fingerprint density at radius 3 is 2.56 bits per heavy atom. The van der Waals surface area contributed by atoms with Gasteiger partial charge in [0, 0.05) is 17.8 Å². The van der Waals surface area contributed by atoms with Gasteiger partial charge in [-0.2, -0.15) is 0 Å². The predicted molar refractivity (Wildman–Crippen MR) is 64.6 cm³/mol. The van der Waals surface area contributed by atoms with E-state index in [0.29, 0.717) is 12.0 Å². The maximum Gasteiger partial charge on any atom is 0.305 e. The zero-order valence-corrected chi connectivity index (χ0v) is 10.3. The van der Waals surface area contributed by atoms with Gasteiger partial charge in [0.25, 0.3) is 5.91 Å². The van der Waals surface area contributed by atoms with Gasteiger partial charge in [0.15, 0.2) is 5.78 Å². The van der Waals surface area contributed by atoms with Gasteiger partial charge in [-0.15, -0.1) is 0 Å². The molecule has 0 saturated heterocycles. The van der Waals surface area contributed by atoms with Crippen LogP contribution in [0.3, 0.4) is 0 Å². The molecule has 0 spiro atoms. The quantitative estimate of drug-likeness (QED) is 0.662. The van der Waals surface area contributed by atoms with Crippen molar-refractivity contribution in [2.75, 3.05) is 0 Å². The third-order valence-electron chi connectivity index (χ3n) is 2.58. The van der Waals surface area contributed by atoms with Crippen molar-refractivity contribution in [1.29, 1.82) is 0 Å². The highest BCUT2D eigenvalue weighted by atomic mass is 16.4. The number of carboxylic acid groups (broad SMARTS) is 1. The molecule has 1 heterocycles. The molecule has 0 aliphatic carbocycles. The lowest BCUT2D eigenvalue weighted by Gasteiger charge is -2.13. The van der Waals surface area contributed by atoms with Crippen LogP contribution in [-0.2, 0) is 4.79 Å². The molecule has 18 heavy (non-hydrogen) atoms. The summed E-state index contributed by atoms with van der Waals surface area (Å²) in [4.78, 5) is 36.1. The zero-order chi connectivity index (χ0) is 13.7. The number of ketones is 1. The summed E-state index contributed by atoms with van der Waals surface area (Å²) in [5, 5.41) is 11.3. The Labute approximate surface area is 104 Å². The molecule has 0 radical (unpaired) electrons. The van der Waals surface area contributed by atoms with Crippen molar-refractivity contribution in [1.82, 2.24) is 10.3 Å². The van der Waals surface area contributed by atoms with E-state index in [4.69, 9.17) is 5.11 Å². The Bertz CT molecular complexity index is 464. The first-order chi connectivity index (χ1) is 8.43. The number of Topliss-reactive ketones (excluding diaryl/α,β-unsaturated/α-hetero) is 1. The van der Waals surface area contributed by atoms with Crippen molar-refractivity contribution >= 4 is 17.7 Å². The Balaban J connectivity index is 2.68. The lowest BCUT2D eigenvalue weighted by molar-refractivity contribution is -0.137. The Hall–Kier alpha value is -2.11. The summed E-state index contributed by atoms with van der Waals surface area (Å²) in [5.41, 5.74) is 0.676. The van der Waals surface area contributed by atoms with Crippen LogP contribution in [0.1, 0.15) is 47.5 Å². The standard InChI is InChI=1S/C12H16N2O4/c1-3-9(5-11(16)17)14-12(18)10-4-8(6-13-10)7(2)15/h4,6,9,13H,3,5H2,1-2H3,(H,14,18)(H,16,17).